The molecule has 0 spiro atoms. The number of carbonyl (C=O) groups is 1. The van der Waals surface area contributed by atoms with Gasteiger partial charge in [0, 0.05) is 16.1 Å². The van der Waals surface area contributed by atoms with E-state index in [9.17, 15) is 14.9 Å². The molecule has 3 aromatic carbocycles. The Morgan fingerprint density at radius 3 is 2.53 bits per heavy atom. The van der Waals surface area contributed by atoms with Gasteiger partial charge in [0.05, 0.1) is 15.6 Å². The molecule has 0 aromatic heterocycles. The zero-order valence-electron chi connectivity index (χ0n) is 15.4. The monoisotopic (exact) mass is 531 g/mol. The van der Waals surface area contributed by atoms with E-state index in [-0.39, 0.29) is 11.3 Å². The molecular weight excluding hydrogens is 518 g/mol. The van der Waals surface area contributed by atoms with Crippen LogP contribution in [-0.4, -0.2) is 17.0 Å². The molecule has 0 fully saturated rings. The van der Waals surface area contributed by atoms with Crippen molar-refractivity contribution in [3.8, 4) is 5.75 Å². The number of hydrazone groups is 1. The fraction of sp³-hybridized carbons (Fsp3) is 0.0476. The van der Waals surface area contributed by atoms with Crippen LogP contribution >= 0.6 is 31.9 Å². The van der Waals surface area contributed by atoms with Crippen LogP contribution in [0.1, 0.15) is 21.5 Å². The maximum absolute atomic E-state index is 12.3. The molecule has 0 bridgehead atoms. The highest BCUT2D eigenvalue weighted by Crippen LogP contribution is 2.32. The summed E-state index contributed by atoms with van der Waals surface area (Å²) in [5.74, 6) is -0.134. The summed E-state index contributed by atoms with van der Waals surface area (Å²) in [7, 11) is 0. The summed E-state index contributed by atoms with van der Waals surface area (Å²) >= 11 is 6.89. The van der Waals surface area contributed by atoms with Crippen molar-refractivity contribution in [2.75, 3.05) is 0 Å². The highest BCUT2D eigenvalue weighted by atomic mass is 79.9. The van der Waals surface area contributed by atoms with Crippen molar-refractivity contribution in [3.05, 3.63) is 102 Å². The van der Waals surface area contributed by atoms with E-state index in [1.807, 2.05) is 36.4 Å². The standard InChI is InChI=1S/C21H15Br2N3O4/c22-16-10-15(20(18(23)11-16)30-13-14-6-2-1-3-7-14)12-24-25-21(27)17-8-4-5-9-19(17)26(28)29/h1-12H,13H2,(H,25,27)/b24-12-. The first kappa shape index (κ1) is 21.7. The second kappa shape index (κ2) is 10.1. The van der Waals surface area contributed by atoms with Crippen molar-refractivity contribution >= 4 is 49.7 Å². The molecule has 1 N–H and O–H groups in total. The minimum Gasteiger partial charge on any atom is -0.487 e. The summed E-state index contributed by atoms with van der Waals surface area (Å²) in [6.07, 6.45) is 1.42. The van der Waals surface area contributed by atoms with Crippen molar-refractivity contribution in [2.45, 2.75) is 6.61 Å². The molecule has 0 aliphatic heterocycles. The molecule has 30 heavy (non-hydrogen) atoms. The molecule has 0 unspecified atom stereocenters. The number of nitrogens with zero attached hydrogens (tertiary/aromatic N) is 2. The van der Waals surface area contributed by atoms with Gasteiger partial charge in [0.25, 0.3) is 11.6 Å². The van der Waals surface area contributed by atoms with E-state index < -0.39 is 10.8 Å². The number of ether oxygens (including phenoxy) is 1. The van der Waals surface area contributed by atoms with Crippen LogP contribution in [-0.2, 0) is 6.61 Å². The molecule has 0 heterocycles. The van der Waals surface area contributed by atoms with Crippen molar-refractivity contribution in [3.63, 3.8) is 0 Å². The average Bonchev–Trinajstić information content (AvgIpc) is 2.73. The lowest BCUT2D eigenvalue weighted by molar-refractivity contribution is -0.385. The van der Waals surface area contributed by atoms with Crippen molar-refractivity contribution in [1.29, 1.82) is 0 Å². The molecule has 0 aliphatic rings. The molecule has 0 atom stereocenters. The van der Waals surface area contributed by atoms with Gasteiger partial charge in [-0.1, -0.05) is 58.4 Å². The van der Waals surface area contributed by atoms with E-state index in [1.54, 1.807) is 12.1 Å². The maximum Gasteiger partial charge on any atom is 0.282 e. The van der Waals surface area contributed by atoms with Crippen LogP contribution < -0.4 is 10.2 Å². The predicted molar refractivity (Wildman–Crippen MR) is 121 cm³/mol. The Bertz CT molecular complexity index is 1100. The number of rotatable bonds is 7. The first-order chi connectivity index (χ1) is 14.5. The Morgan fingerprint density at radius 2 is 1.80 bits per heavy atom. The van der Waals surface area contributed by atoms with Crippen LogP contribution in [0, 0.1) is 10.1 Å². The number of amides is 1. The van der Waals surface area contributed by atoms with Gasteiger partial charge in [-0.25, -0.2) is 5.43 Å². The van der Waals surface area contributed by atoms with Gasteiger partial charge in [0.2, 0.25) is 0 Å². The lowest BCUT2D eigenvalue weighted by atomic mass is 10.2. The number of halogens is 2. The summed E-state index contributed by atoms with van der Waals surface area (Å²) in [5.41, 5.74) is 3.57. The van der Waals surface area contributed by atoms with Gasteiger partial charge in [-0.05, 0) is 39.7 Å². The van der Waals surface area contributed by atoms with Gasteiger partial charge in [0.1, 0.15) is 17.9 Å². The lowest BCUT2D eigenvalue weighted by Crippen LogP contribution is -2.19. The Labute approximate surface area is 189 Å². The van der Waals surface area contributed by atoms with E-state index in [4.69, 9.17) is 4.74 Å². The van der Waals surface area contributed by atoms with Gasteiger partial charge < -0.3 is 4.74 Å². The largest absolute Gasteiger partial charge is 0.487 e. The van der Waals surface area contributed by atoms with Gasteiger partial charge >= 0.3 is 0 Å². The fourth-order valence-electron chi connectivity index (χ4n) is 2.60. The highest BCUT2D eigenvalue weighted by Gasteiger charge is 2.18. The van der Waals surface area contributed by atoms with Crippen LogP contribution in [0.5, 0.6) is 5.75 Å². The summed E-state index contributed by atoms with van der Waals surface area (Å²) in [5, 5.41) is 15.0. The molecular formula is C21H15Br2N3O4. The van der Waals surface area contributed by atoms with Crippen LogP contribution in [0.25, 0.3) is 0 Å². The van der Waals surface area contributed by atoms with Crippen LogP contribution in [0.4, 0.5) is 5.69 Å². The SMILES string of the molecule is O=C(N/N=C\c1cc(Br)cc(Br)c1OCc1ccccc1)c1ccccc1[N+](=O)[O-]. The van der Waals surface area contributed by atoms with Crippen molar-refractivity contribution in [1.82, 2.24) is 5.43 Å². The Balaban J connectivity index is 1.78. The molecule has 3 aromatic rings. The van der Waals surface area contributed by atoms with E-state index in [2.05, 4.69) is 42.4 Å². The van der Waals surface area contributed by atoms with Crippen LogP contribution in [0.3, 0.4) is 0 Å². The first-order valence-corrected chi connectivity index (χ1v) is 10.3. The topological polar surface area (TPSA) is 93.8 Å². The maximum atomic E-state index is 12.3. The number of nitro benzene ring substituents is 1. The molecule has 0 saturated heterocycles. The third-order valence-electron chi connectivity index (χ3n) is 3.98. The van der Waals surface area contributed by atoms with Crippen molar-refractivity contribution in [2.24, 2.45) is 5.10 Å². The second-order valence-corrected chi connectivity index (χ2v) is 7.82. The molecule has 0 aliphatic carbocycles. The van der Waals surface area contributed by atoms with Crippen molar-refractivity contribution < 1.29 is 14.5 Å². The highest BCUT2D eigenvalue weighted by molar-refractivity contribution is 9.11. The Hall–Kier alpha value is -3.04. The molecule has 3 rings (SSSR count). The molecule has 1 amide bonds. The Kier molecular flexibility index (Phi) is 7.31. The minimum atomic E-state index is -0.681. The minimum absolute atomic E-state index is 0.0735. The number of carbonyl (C=O) groups excluding carboxylic acids is 1. The lowest BCUT2D eigenvalue weighted by Gasteiger charge is -2.12. The number of hydrogen-bond donors (Lipinski definition) is 1. The van der Waals surface area contributed by atoms with E-state index in [0.29, 0.717) is 22.4 Å². The zero-order chi connectivity index (χ0) is 21.5. The quantitative estimate of drug-likeness (QED) is 0.248. The molecule has 152 valence electrons. The smallest absolute Gasteiger partial charge is 0.282 e. The van der Waals surface area contributed by atoms with Crippen LogP contribution in [0.15, 0.2) is 80.8 Å². The van der Waals surface area contributed by atoms with Gasteiger partial charge in [0.15, 0.2) is 0 Å². The third kappa shape index (κ3) is 5.52. The predicted octanol–water partition coefficient (Wildman–Crippen LogP) is 5.46. The molecule has 7 nitrogen and oxygen atoms in total. The summed E-state index contributed by atoms with van der Waals surface area (Å²) < 4.78 is 7.43. The average molecular weight is 533 g/mol. The number of nitro groups is 1. The number of hydrogen-bond acceptors (Lipinski definition) is 5. The molecule has 9 heteroatoms. The van der Waals surface area contributed by atoms with Gasteiger partial charge in [-0.15, -0.1) is 0 Å². The van der Waals surface area contributed by atoms with Gasteiger partial charge in [-0.3, -0.25) is 14.9 Å². The normalized spacial score (nSPS) is 10.7. The molecule has 0 radical (unpaired) electrons. The summed E-state index contributed by atoms with van der Waals surface area (Å²) in [4.78, 5) is 22.8. The third-order valence-corrected chi connectivity index (χ3v) is 5.03. The first-order valence-electron chi connectivity index (χ1n) is 8.68. The number of nitrogens with one attached hydrogen (secondary N) is 1. The Morgan fingerprint density at radius 1 is 1.10 bits per heavy atom. The summed E-state index contributed by atoms with van der Waals surface area (Å²) in [6, 6.07) is 19.0. The zero-order valence-corrected chi connectivity index (χ0v) is 18.6. The van der Waals surface area contributed by atoms with E-state index in [0.717, 1.165) is 10.0 Å². The second-order valence-electron chi connectivity index (χ2n) is 6.05. The molecule has 0 saturated carbocycles. The van der Waals surface area contributed by atoms with Crippen LogP contribution in [0.2, 0.25) is 0 Å². The van der Waals surface area contributed by atoms with Gasteiger partial charge in [-0.2, -0.15) is 5.10 Å². The number of para-hydroxylation sites is 1. The van der Waals surface area contributed by atoms with E-state index in [1.165, 1.54) is 24.4 Å². The summed E-state index contributed by atoms with van der Waals surface area (Å²) in [6.45, 7) is 0.352. The fourth-order valence-corrected chi connectivity index (χ4v) is 3.98. The number of benzene rings is 3. The van der Waals surface area contributed by atoms with E-state index >= 15 is 0 Å².